The number of halogens is 2. The van der Waals surface area contributed by atoms with Crippen LogP contribution in [0.3, 0.4) is 0 Å². The summed E-state index contributed by atoms with van der Waals surface area (Å²) in [7, 11) is 0. The number of hydrogen-bond donors (Lipinski definition) is 1. The first kappa shape index (κ1) is 17.0. The van der Waals surface area contributed by atoms with Crippen molar-refractivity contribution in [2.45, 2.75) is 13.0 Å². The highest BCUT2D eigenvalue weighted by atomic mass is 32.1. The van der Waals surface area contributed by atoms with Crippen molar-refractivity contribution in [2.75, 3.05) is 11.9 Å². The molecule has 130 valence electrons. The third kappa shape index (κ3) is 4.18. The van der Waals surface area contributed by atoms with Gasteiger partial charge < -0.3 is 10.1 Å². The normalized spacial score (nSPS) is 11.0. The molecule has 0 atom stereocenters. The van der Waals surface area contributed by atoms with E-state index in [0.717, 1.165) is 21.3 Å². The van der Waals surface area contributed by atoms with E-state index in [2.05, 4.69) is 15.0 Å². The van der Waals surface area contributed by atoms with Crippen LogP contribution in [0, 0.1) is 10.1 Å². The largest absolute Gasteiger partial charge is 0.427 e. The van der Waals surface area contributed by atoms with Gasteiger partial charge in [0, 0.05) is 30.8 Å². The van der Waals surface area contributed by atoms with Gasteiger partial charge in [-0.15, -0.1) is 11.3 Å². The Labute approximate surface area is 145 Å². The lowest BCUT2D eigenvalue weighted by atomic mass is 10.2. The molecule has 2 aromatic carbocycles. The molecule has 9 heteroatoms. The summed E-state index contributed by atoms with van der Waals surface area (Å²) in [5.41, 5.74) is 0.893. The molecule has 0 saturated carbocycles. The molecule has 3 aromatic rings. The zero-order chi connectivity index (χ0) is 17.8. The van der Waals surface area contributed by atoms with E-state index in [1.165, 1.54) is 12.1 Å². The Hall–Kier alpha value is -2.81. The Balaban J connectivity index is 1.67. The Kier molecular flexibility index (Phi) is 5.03. The number of ether oxygens (including phenoxy) is 1. The third-order valence-corrected chi connectivity index (χ3v) is 4.47. The minimum Gasteiger partial charge on any atom is -0.427 e. The molecule has 0 fully saturated rings. The van der Waals surface area contributed by atoms with Gasteiger partial charge in [0.15, 0.2) is 0 Å². The van der Waals surface area contributed by atoms with Crippen LogP contribution in [0.4, 0.5) is 20.2 Å². The van der Waals surface area contributed by atoms with E-state index in [0.29, 0.717) is 18.7 Å². The molecule has 1 aromatic heterocycles. The molecule has 0 aliphatic carbocycles. The van der Waals surface area contributed by atoms with Gasteiger partial charge in [0.1, 0.15) is 0 Å². The minimum absolute atomic E-state index is 0.461. The predicted molar refractivity (Wildman–Crippen MR) is 91.5 cm³/mol. The molecule has 0 unspecified atom stereocenters. The fourth-order valence-corrected chi connectivity index (χ4v) is 3.27. The fraction of sp³-hybridized carbons (Fsp3) is 0.188. The van der Waals surface area contributed by atoms with Crippen molar-refractivity contribution in [3.05, 3.63) is 57.6 Å². The number of nitro benzene ring substituents is 1. The van der Waals surface area contributed by atoms with Crippen molar-refractivity contribution in [1.29, 1.82) is 0 Å². The minimum atomic E-state index is -3.13. The molecule has 0 spiro atoms. The smallest absolute Gasteiger partial charge is 0.387 e. The van der Waals surface area contributed by atoms with Gasteiger partial charge in [-0.1, -0.05) is 12.1 Å². The van der Waals surface area contributed by atoms with E-state index in [-0.39, 0.29) is 0 Å². The van der Waals surface area contributed by atoms with Crippen LogP contribution in [0.5, 0.6) is 5.75 Å². The number of aromatic nitrogens is 1. The molecule has 0 radical (unpaired) electrons. The maximum Gasteiger partial charge on any atom is 0.387 e. The lowest BCUT2D eigenvalue weighted by Gasteiger charge is -2.09. The van der Waals surface area contributed by atoms with Crippen molar-refractivity contribution >= 4 is 32.9 Å². The number of rotatable bonds is 7. The summed E-state index contributed by atoms with van der Waals surface area (Å²) in [6, 6.07) is 11.6. The molecule has 0 saturated heterocycles. The van der Waals surface area contributed by atoms with Crippen LogP contribution in [0.15, 0.2) is 42.5 Å². The third-order valence-electron chi connectivity index (χ3n) is 3.38. The van der Waals surface area contributed by atoms with Gasteiger partial charge in [0.05, 0.1) is 20.1 Å². The number of nitrogens with one attached hydrogen (secondary N) is 1. The van der Waals surface area contributed by atoms with E-state index in [1.807, 2.05) is 24.3 Å². The molecule has 1 N–H and O–H groups in total. The quantitative estimate of drug-likeness (QED) is 0.494. The number of alkyl halides is 2. The van der Waals surface area contributed by atoms with Crippen molar-refractivity contribution in [3.8, 4) is 5.75 Å². The average Bonchev–Trinajstić information content (AvgIpc) is 2.97. The summed E-state index contributed by atoms with van der Waals surface area (Å²) >= 11 is 1.59. The fourth-order valence-electron chi connectivity index (χ4n) is 2.31. The second-order valence-corrected chi connectivity index (χ2v) is 6.19. The van der Waals surface area contributed by atoms with Crippen molar-refractivity contribution in [2.24, 2.45) is 0 Å². The van der Waals surface area contributed by atoms with Crippen LogP contribution in [-0.2, 0) is 6.42 Å². The number of hydrogen-bond acceptors (Lipinski definition) is 6. The van der Waals surface area contributed by atoms with Crippen LogP contribution in [0.1, 0.15) is 5.01 Å². The topological polar surface area (TPSA) is 77.3 Å². The van der Waals surface area contributed by atoms with E-state index < -0.39 is 23.0 Å². The summed E-state index contributed by atoms with van der Waals surface area (Å²) < 4.78 is 30.1. The maximum absolute atomic E-state index is 12.4. The number of anilines is 1. The summed E-state index contributed by atoms with van der Waals surface area (Å²) in [6.07, 6.45) is 0.640. The Bertz CT molecular complexity index is 868. The van der Waals surface area contributed by atoms with Crippen LogP contribution >= 0.6 is 11.3 Å². The maximum atomic E-state index is 12.4. The number of nitrogens with zero attached hydrogens (tertiary/aromatic N) is 2. The van der Waals surface area contributed by atoms with Gasteiger partial charge in [-0.3, -0.25) is 10.1 Å². The predicted octanol–water partition coefficient (Wildman–Crippen LogP) is 4.46. The molecule has 0 aliphatic rings. The van der Waals surface area contributed by atoms with Crippen LogP contribution < -0.4 is 10.1 Å². The lowest BCUT2D eigenvalue weighted by molar-refractivity contribution is -0.386. The number of para-hydroxylation sites is 1. The Morgan fingerprint density at radius 3 is 2.80 bits per heavy atom. The molecule has 0 bridgehead atoms. The molecular formula is C16H13F2N3O3S. The zero-order valence-corrected chi connectivity index (χ0v) is 13.6. The number of thiazole rings is 1. The first-order valence-electron chi connectivity index (χ1n) is 7.34. The lowest BCUT2D eigenvalue weighted by Crippen LogP contribution is -2.07. The highest BCUT2D eigenvalue weighted by molar-refractivity contribution is 7.18. The highest BCUT2D eigenvalue weighted by Crippen LogP contribution is 2.31. The van der Waals surface area contributed by atoms with E-state index in [1.54, 1.807) is 11.3 Å². The summed E-state index contributed by atoms with van der Waals surface area (Å²) in [4.78, 5) is 14.6. The molecule has 0 aliphatic heterocycles. The summed E-state index contributed by atoms with van der Waals surface area (Å²) in [6.45, 7) is -2.62. The van der Waals surface area contributed by atoms with Crippen molar-refractivity contribution in [1.82, 2.24) is 4.98 Å². The SMILES string of the molecule is O=[N+]([O-])c1ccc(NCCc2nc3ccccc3s2)cc1OC(F)F. The summed E-state index contributed by atoms with van der Waals surface area (Å²) in [5, 5.41) is 14.8. The van der Waals surface area contributed by atoms with Crippen molar-refractivity contribution < 1.29 is 18.4 Å². The van der Waals surface area contributed by atoms with Gasteiger partial charge >= 0.3 is 12.3 Å². The van der Waals surface area contributed by atoms with Crippen LogP contribution in [0.2, 0.25) is 0 Å². The molecular weight excluding hydrogens is 352 g/mol. The molecule has 25 heavy (non-hydrogen) atoms. The van der Waals surface area contributed by atoms with Crippen LogP contribution in [-0.4, -0.2) is 23.1 Å². The van der Waals surface area contributed by atoms with E-state index >= 15 is 0 Å². The van der Waals surface area contributed by atoms with E-state index in [4.69, 9.17) is 0 Å². The second-order valence-electron chi connectivity index (χ2n) is 5.07. The van der Waals surface area contributed by atoms with E-state index in [9.17, 15) is 18.9 Å². The molecule has 0 amide bonds. The average molecular weight is 365 g/mol. The first-order chi connectivity index (χ1) is 12.0. The van der Waals surface area contributed by atoms with Crippen molar-refractivity contribution in [3.63, 3.8) is 0 Å². The van der Waals surface area contributed by atoms with Gasteiger partial charge in [-0.25, -0.2) is 4.98 Å². The zero-order valence-electron chi connectivity index (χ0n) is 12.8. The summed E-state index contributed by atoms with van der Waals surface area (Å²) in [5.74, 6) is -0.468. The standard InChI is InChI=1S/C16H13F2N3O3S/c17-16(18)24-13-9-10(5-6-12(13)21(22)23)19-8-7-15-20-11-3-1-2-4-14(11)25-15/h1-6,9,16,19H,7-8H2. The number of fused-ring (bicyclic) bond motifs is 1. The van der Waals surface area contributed by atoms with Gasteiger partial charge in [-0.2, -0.15) is 8.78 Å². The highest BCUT2D eigenvalue weighted by Gasteiger charge is 2.19. The molecule has 1 heterocycles. The number of nitro groups is 1. The molecule has 6 nitrogen and oxygen atoms in total. The van der Waals surface area contributed by atoms with Gasteiger partial charge in [-0.05, 0) is 18.2 Å². The van der Waals surface area contributed by atoms with Gasteiger partial charge in [0.2, 0.25) is 5.75 Å². The first-order valence-corrected chi connectivity index (χ1v) is 8.16. The second kappa shape index (κ2) is 7.39. The van der Waals surface area contributed by atoms with Gasteiger partial charge in [0.25, 0.3) is 0 Å². The Morgan fingerprint density at radius 1 is 1.28 bits per heavy atom. The molecule has 3 rings (SSSR count). The Morgan fingerprint density at radius 2 is 2.08 bits per heavy atom. The number of benzene rings is 2. The monoisotopic (exact) mass is 365 g/mol. The van der Waals surface area contributed by atoms with Crippen LogP contribution in [0.25, 0.3) is 10.2 Å².